The van der Waals surface area contributed by atoms with Gasteiger partial charge in [-0.25, -0.2) is 0 Å². The number of unbranched alkanes of at least 4 members (excludes halogenated alkanes) is 2. The maximum absolute atomic E-state index is 5.84. The highest BCUT2D eigenvalue weighted by atomic mass is 28.4. The molecule has 0 amide bonds. The zero-order valence-electron chi connectivity index (χ0n) is 11.4. The lowest BCUT2D eigenvalue weighted by atomic mass is 10.4. The Kier molecular flexibility index (Phi) is 7.30. The van der Waals surface area contributed by atoms with Crippen molar-refractivity contribution in [1.82, 2.24) is 0 Å². The zero-order chi connectivity index (χ0) is 12.6. The Hall–Kier alpha value is 0.0569. The van der Waals surface area contributed by atoms with Crippen LogP contribution in [0, 0.1) is 0 Å². The van der Waals surface area contributed by atoms with Crippen LogP contribution in [0.5, 0.6) is 0 Å². The first-order valence-corrected chi connectivity index (χ1v) is 9.00. The van der Waals surface area contributed by atoms with Crippen molar-refractivity contribution in [3.05, 3.63) is 0 Å². The first-order valence-electron chi connectivity index (χ1n) is 6.77. The third-order valence-corrected chi connectivity index (χ3v) is 4.88. The van der Waals surface area contributed by atoms with Crippen LogP contribution in [0.4, 0.5) is 0 Å². The van der Waals surface area contributed by atoms with E-state index in [1.54, 1.807) is 0 Å². The molecule has 4 nitrogen and oxygen atoms in total. The monoisotopic (exact) mass is 262 g/mol. The topological polar surface area (TPSA) is 36.9 Å². The molecule has 0 saturated carbocycles. The smallest absolute Gasteiger partial charge is 0.374 e. The van der Waals surface area contributed by atoms with Crippen molar-refractivity contribution in [2.24, 2.45) is 0 Å². The molecule has 1 rings (SSSR count). The molecule has 5 heteroatoms. The van der Waals surface area contributed by atoms with Crippen LogP contribution in [-0.4, -0.2) is 34.9 Å². The van der Waals surface area contributed by atoms with Crippen molar-refractivity contribution in [2.75, 3.05) is 19.8 Å². The molecule has 0 aromatic carbocycles. The van der Waals surface area contributed by atoms with Crippen molar-refractivity contribution in [2.45, 2.75) is 58.8 Å². The van der Waals surface area contributed by atoms with E-state index in [1.165, 1.54) is 0 Å². The fourth-order valence-electron chi connectivity index (χ4n) is 1.46. The molecule has 0 aromatic heterocycles. The summed E-state index contributed by atoms with van der Waals surface area (Å²) < 4.78 is 22.8. The van der Waals surface area contributed by atoms with Crippen LogP contribution in [-0.2, 0) is 18.0 Å². The van der Waals surface area contributed by atoms with Crippen molar-refractivity contribution in [3.8, 4) is 0 Å². The van der Waals surface area contributed by atoms with Crippen LogP contribution in [0.3, 0.4) is 0 Å². The van der Waals surface area contributed by atoms with Gasteiger partial charge < -0.3 is 18.0 Å². The van der Waals surface area contributed by atoms with Crippen molar-refractivity contribution in [1.29, 1.82) is 0 Å². The predicted octanol–water partition coefficient (Wildman–Crippen LogP) is 2.95. The molecule has 1 saturated heterocycles. The van der Waals surface area contributed by atoms with Crippen molar-refractivity contribution >= 4 is 8.80 Å². The van der Waals surface area contributed by atoms with Gasteiger partial charge in [-0.2, -0.15) is 0 Å². The Labute approximate surface area is 106 Å². The standard InChI is InChI=1S/C12H26O4Si/c1-4-6-9-14-17(3,15-10-7-5-2)16-12-8-11-13-12/h12H,4-11H2,1-3H3. The number of hydrogen-bond acceptors (Lipinski definition) is 4. The van der Waals surface area contributed by atoms with Gasteiger partial charge in [0.05, 0.1) is 6.61 Å². The Morgan fingerprint density at radius 1 is 1.12 bits per heavy atom. The second-order valence-corrected chi connectivity index (χ2v) is 7.01. The van der Waals surface area contributed by atoms with Crippen molar-refractivity contribution < 1.29 is 18.0 Å². The molecule has 0 aliphatic carbocycles. The molecule has 1 aliphatic rings. The third-order valence-electron chi connectivity index (χ3n) is 2.73. The van der Waals surface area contributed by atoms with Gasteiger partial charge in [0, 0.05) is 26.2 Å². The molecule has 1 heterocycles. The van der Waals surface area contributed by atoms with E-state index in [2.05, 4.69) is 13.8 Å². The quantitative estimate of drug-likeness (QED) is 0.448. The van der Waals surface area contributed by atoms with E-state index in [0.717, 1.165) is 51.9 Å². The Balaban J connectivity index is 2.30. The van der Waals surface area contributed by atoms with Crippen LogP contribution < -0.4 is 0 Å². The molecule has 0 radical (unpaired) electrons. The first-order chi connectivity index (χ1) is 8.20. The van der Waals surface area contributed by atoms with Gasteiger partial charge >= 0.3 is 8.80 Å². The van der Waals surface area contributed by atoms with Crippen molar-refractivity contribution in [3.63, 3.8) is 0 Å². The van der Waals surface area contributed by atoms with Crippen LogP contribution >= 0.6 is 0 Å². The normalized spacial score (nSPS) is 20.3. The first kappa shape index (κ1) is 15.1. The summed E-state index contributed by atoms with van der Waals surface area (Å²) in [6.07, 6.45) is 5.20. The molecule has 0 N–H and O–H groups in total. The second-order valence-electron chi connectivity index (χ2n) is 4.47. The number of hydrogen-bond donors (Lipinski definition) is 0. The van der Waals surface area contributed by atoms with Crippen LogP contribution in [0.15, 0.2) is 0 Å². The average molecular weight is 262 g/mol. The molecule has 0 bridgehead atoms. The minimum atomic E-state index is -2.48. The van der Waals surface area contributed by atoms with Gasteiger partial charge in [-0.15, -0.1) is 0 Å². The fourth-order valence-corrected chi connectivity index (χ4v) is 3.37. The van der Waals surface area contributed by atoms with Crippen LogP contribution in [0.25, 0.3) is 0 Å². The number of ether oxygens (including phenoxy) is 1. The lowest BCUT2D eigenvalue weighted by Gasteiger charge is -2.34. The summed E-state index contributed by atoms with van der Waals surface area (Å²) in [6, 6.07) is 0. The molecule has 0 aromatic rings. The third kappa shape index (κ3) is 5.97. The van der Waals surface area contributed by atoms with E-state index in [4.69, 9.17) is 18.0 Å². The lowest BCUT2D eigenvalue weighted by Crippen LogP contribution is -2.49. The highest BCUT2D eigenvalue weighted by Gasteiger charge is 2.39. The lowest BCUT2D eigenvalue weighted by molar-refractivity contribution is -0.190. The minimum Gasteiger partial charge on any atom is -0.374 e. The molecule has 0 spiro atoms. The largest absolute Gasteiger partial charge is 0.499 e. The van der Waals surface area contributed by atoms with Gasteiger partial charge in [-0.3, -0.25) is 0 Å². The second kappa shape index (κ2) is 8.21. The molecule has 17 heavy (non-hydrogen) atoms. The zero-order valence-corrected chi connectivity index (χ0v) is 12.4. The molecular weight excluding hydrogens is 236 g/mol. The Morgan fingerprint density at radius 3 is 2.00 bits per heavy atom. The summed E-state index contributed by atoms with van der Waals surface area (Å²) >= 11 is 0. The predicted molar refractivity (Wildman–Crippen MR) is 68.8 cm³/mol. The van der Waals surface area contributed by atoms with E-state index in [1.807, 2.05) is 6.55 Å². The summed E-state index contributed by atoms with van der Waals surface area (Å²) in [5.41, 5.74) is 0. The summed E-state index contributed by atoms with van der Waals surface area (Å²) in [6.45, 7) is 8.50. The van der Waals surface area contributed by atoms with Gasteiger partial charge in [0.15, 0.2) is 6.29 Å². The van der Waals surface area contributed by atoms with E-state index in [9.17, 15) is 0 Å². The van der Waals surface area contributed by atoms with Gasteiger partial charge in [0.25, 0.3) is 0 Å². The summed E-state index contributed by atoms with van der Waals surface area (Å²) in [4.78, 5) is 0. The molecule has 1 atom stereocenters. The van der Waals surface area contributed by atoms with Crippen LogP contribution in [0.1, 0.15) is 46.0 Å². The van der Waals surface area contributed by atoms with Gasteiger partial charge in [-0.1, -0.05) is 26.7 Å². The average Bonchev–Trinajstić information content (AvgIpc) is 2.25. The SMILES string of the molecule is CCCCO[Si](C)(OCCCC)OC1CCO1. The van der Waals surface area contributed by atoms with E-state index >= 15 is 0 Å². The van der Waals surface area contributed by atoms with Crippen LogP contribution in [0.2, 0.25) is 6.55 Å². The number of rotatable bonds is 10. The minimum absolute atomic E-state index is 0.102. The van der Waals surface area contributed by atoms with Gasteiger partial charge in [-0.05, 0) is 12.8 Å². The molecule has 1 aliphatic heterocycles. The molecule has 1 fully saturated rings. The van der Waals surface area contributed by atoms with E-state index < -0.39 is 8.80 Å². The van der Waals surface area contributed by atoms with E-state index in [0.29, 0.717) is 0 Å². The summed E-state index contributed by atoms with van der Waals surface area (Å²) in [5, 5.41) is 0. The molecule has 1 unspecified atom stereocenters. The maximum Gasteiger partial charge on any atom is 0.499 e. The fraction of sp³-hybridized carbons (Fsp3) is 1.00. The molecule has 102 valence electrons. The summed E-state index contributed by atoms with van der Waals surface area (Å²) in [5.74, 6) is 0. The summed E-state index contributed by atoms with van der Waals surface area (Å²) in [7, 11) is -2.48. The Bertz CT molecular complexity index is 187. The van der Waals surface area contributed by atoms with Gasteiger partial charge in [0.1, 0.15) is 0 Å². The highest BCUT2D eigenvalue weighted by Crippen LogP contribution is 2.21. The van der Waals surface area contributed by atoms with E-state index in [-0.39, 0.29) is 6.29 Å². The molecular formula is C12H26O4Si. The maximum atomic E-state index is 5.84. The highest BCUT2D eigenvalue weighted by molar-refractivity contribution is 6.59. The van der Waals surface area contributed by atoms with Gasteiger partial charge in [0.2, 0.25) is 0 Å². The Morgan fingerprint density at radius 2 is 1.65 bits per heavy atom.